The number of hydrogen-bond donors (Lipinski definition) is 1. The van der Waals surface area contributed by atoms with E-state index < -0.39 is 39.9 Å². The predicted molar refractivity (Wildman–Crippen MR) is 96.7 cm³/mol. The Balaban J connectivity index is 2.03. The molecule has 0 aliphatic carbocycles. The number of amides is 1. The predicted octanol–water partition coefficient (Wildman–Crippen LogP) is -0.601. The standard InChI is InChI=1S/C16H29N3O7S/c1-16(2,3)26-14(20)13(18-7-5-17-6-8-18)10-19-9-12(25-15(19)21)11-24-27(4,22)23/h12-13,17H,5-11H2,1-4H3. The van der Waals surface area contributed by atoms with E-state index in [1.807, 2.05) is 4.90 Å². The van der Waals surface area contributed by atoms with Gasteiger partial charge < -0.3 is 19.7 Å². The van der Waals surface area contributed by atoms with E-state index in [-0.39, 0.29) is 19.7 Å². The summed E-state index contributed by atoms with van der Waals surface area (Å²) in [7, 11) is -3.62. The van der Waals surface area contributed by atoms with E-state index in [1.54, 1.807) is 20.8 Å². The van der Waals surface area contributed by atoms with Crippen LogP contribution in [0.2, 0.25) is 0 Å². The van der Waals surface area contributed by atoms with Gasteiger partial charge in [0, 0.05) is 26.2 Å². The van der Waals surface area contributed by atoms with Crippen LogP contribution < -0.4 is 5.32 Å². The molecule has 10 nitrogen and oxygen atoms in total. The van der Waals surface area contributed by atoms with Crippen molar-refractivity contribution in [3.63, 3.8) is 0 Å². The van der Waals surface area contributed by atoms with E-state index in [1.165, 1.54) is 4.90 Å². The monoisotopic (exact) mass is 407 g/mol. The van der Waals surface area contributed by atoms with Gasteiger partial charge in [-0.15, -0.1) is 0 Å². The average Bonchev–Trinajstić information content (AvgIpc) is 2.89. The van der Waals surface area contributed by atoms with Gasteiger partial charge in [-0.2, -0.15) is 8.42 Å². The normalized spacial score (nSPS) is 23.2. The molecule has 2 saturated heterocycles. The van der Waals surface area contributed by atoms with Gasteiger partial charge in [-0.25, -0.2) is 4.79 Å². The molecule has 1 amide bonds. The average molecular weight is 407 g/mol. The number of nitrogens with one attached hydrogen (secondary N) is 1. The Labute approximate surface area is 160 Å². The lowest BCUT2D eigenvalue weighted by Crippen LogP contribution is -2.56. The second-order valence-corrected chi connectivity index (χ2v) is 9.38. The lowest BCUT2D eigenvalue weighted by molar-refractivity contribution is -0.162. The van der Waals surface area contributed by atoms with Crippen molar-refractivity contribution in [2.24, 2.45) is 0 Å². The molecule has 11 heteroatoms. The maximum Gasteiger partial charge on any atom is 0.410 e. The summed E-state index contributed by atoms with van der Waals surface area (Å²) in [5.74, 6) is -0.395. The molecule has 2 aliphatic heterocycles. The lowest BCUT2D eigenvalue weighted by Gasteiger charge is -2.36. The molecule has 2 atom stereocenters. The van der Waals surface area contributed by atoms with Crippen LogP contribution >= 0.6 is 0 Å². The molecule has 0 aromatic carbocycles. The molecule has 0 bridgehead atoms. The first-order valence-electron chi connectivity index (χ1n) is 8.92. The Bertz CT molecular complexity index is 641. The van der Waals surface area contributed by atoms with E-state index in [0.29, 0.717) is 13.1 Å². The van der Waals surface area contributed by atoms with Crippen LogP contribution in [0.4, 0.5) is 4.79 Å². The van der Waals surface area contributed by atoms with Crippen molar-refractivity contribution >= 4 is 22.2 Å². The van der Waals surface area contributed by atoms with Gasteiger partial charge in [0.1, 0.15) is 24.4 Å². The van der Waals surface area contributed by atoms with Crippen LogP contribution in [0.25, 0.3) is 0 Å². The molecule has 27 heavy (non-hydrogen) atoms. The maximum atomic E-state index is 12.7. The summed E-state index contributed by atoms with van der Waals surface area (Å²) in [5, 5.41) is 3.22. The second kappa shape index (κ2) is 8.72. The molecule has 2 unspecified atom stereocenters. The fourth-order valence-corrected chi connectivity index (χ4v) is 3.32. The number of nitrogens with zero attached hydrogens (tertiary/aromatic N) is 2. The molecule has 1 N–H and O–H groups in total. The zero-order chi connectivity index (χ0) is 20.2. The van der Waals surface area contributed by atoms with Crippen molar-refractivity contribution in [3.8, 4) is 0 Å². The number of esters is 1. The van der Waals surface area contributed by atoms with Crippen molar-refractivity contribution in [1.82, 2.24) is 15.1 Å². The molecule has 0 radical (unpaired) electrons. The minimum atomic E-state index is -3.62. The summed E-state index contributed by atoms with van der Waals surface area (Å²) in [6.07, 6.45) is -0.361. The van der Waals surface area contributed by atoms with Crippen LogP contribution in [0.5, 0.6) is 0 Å². The summed E-state index contributed by atoms with van der Waals surface area (Å²) in [6, 6.07) is -0.617. The van der Waals surface area contributed by atoms with E-state index in [2.05, 4.69) is 5.32 Å². The summed E-state index contributed by atoms with van der Waals surface area (Å²) >= 11 is 0. The minimum Gasteiger partial charge on any atom is -0.459 e. The minimum absolute atomic E-state index is 0.114. The molecule has 156 valence electrons. The van der Waals surface area contributed by atoms with Crippen LogP contribution in [0, 0.1) is 0 Å². The molecule has 0 aromatic heterocycles. The maximum absolute atomic E-state index is 12.7. The quantitative estimate of drug-likeness (QED) is 0.436. The third kappa shape index (κ3) is 7.24. The van der Waals surface area contributed by atoms with Gasteiger partial charge in [0.2, 0.25) is 0 Å². The van der Waals surface area contributed by atoms with E-state index in [9.17, 15) is 18.0 Å². The number of rotatable bonds is 7. The number of carbonyl (C=O) groups excluding carboxylic acids is 2. The summed E-state index contributed by atoms with van der Waals surface area (Å²) in [5.41, 5.74) is -0.638. The van der Waals surface area contributed by atoms with E-state index >= 15 is 0 Å². The summed E-state index contributed by atoms with van der Waals surface area (Å²) < 4.78 is 37.6. The molecule has 0 saturated carbocycles. The van der Waals surface area contributed by atoms with Crippen molar-refractivity contribution < 1.29 is 31.7 Å². The van der Waals surface area contributed by atoms with Gasteiger partial charge >= 0.3 is 12.1 Å². The Hall–Kier alpha value is -1.43. The highest BCUT2D eigenvalue weighted by molar-refractivity contribution is 7.85. The zero-order valence-electron chi connectivity index (χ0n) is 16.3. The molecule has 2 rings (SSSR count). The Morgan fingerprint density at radius 2 is 1.96 bits per heavy atom. The number of carbonyl (C=O) groups is 2. The fraction of sp³-hybridized carbons (Fsp3) is 0.875. The molecule has 2 aliphatic rings. The second-order valence-electron chi connectivity index (χ2n) is 7.73. The highest BCUT2D eigenvalue weighted by Crippen LogP contribution is 2.18. The third-order valence-corrected chi connectivity index (χ3v) is 4.65. The first-order chi connectivity index (χ1) is 12.4. The molecule has 0 aromatic rings. The Kier molecular flexibility index (Phi) is 7.06. The van der Waals surface area contributed by atoms with Crippen LogP contribution in [0.1, 0.15) is 20.8 Å². The smallest absolute Gasteiger partial charge is 0.410 e. The highest BCUT2D eigenvalue weighted by atomic mass is 32.2. The van der Waals surface area contributed by atoms with E-state index in [0.717, 1.165) is 19.3 Å². The molecular weight excluding hydrogens is 378 g/mol. The third-order valence-electron chi connectivity index (χ3n) is 4.08. The van der Waals surface area contributed by atoms with Gasteiger partial charge in [-0.3, -0.25) is 13.9 Å². The SMILES string of the molecule is CC(C)(C)OC(=O)C(CN1CC(COS(C)(=O)=O)OC1=O)N1CCNCC1. The van der Waals surface area contributed by atoms with Crippen LogP contribution in [-0.2, 0) is 28.6 Å². The van der Waals surface area contributed by atoms with Crippen molar-refractivity contribution in [2.75, 3.05) is 52.1 Å². The molecule has 2 fully saturated rings. The largest absolute Gasteiger partial charge is 0.459 e. The highest BCUT2D eigenvalue weighted by Gasteiger charge is 2.38. The fourth-order valence-electron chi connectivity index (χ4n) is 2.92. The van der Waals surface area contributed by atoms with Crippen molar-refractivity contribution in [2.45, 2.75) is 38.5 Å². The van der Waals surface area contributed by atoms with Crippen molar-refractivity contribution in [1.29, 1.82) is 0 Å². The van der Waals surface area contributed by atoms with Crippen molar-refractivity contribution in [3.05, 3.63) is 0 Å². The lowest BCUT2D eigenvalue weighted by atomic mass is 10.1. The molecular formula is C16H29N3O7S. The van der Waals surface area contributed by atoms with Gasteiger partial charge in [0.15, 0.2) is 0 Å². The Morgan fingerprint density at radius 1 is 1.33 bits per heavy atom. The Morgan fingerprint density at radius 3 is 2.52 bits per heavy atom. The summed E-state index contributed by atoms with van der Waals surface area (Å²) in [4.78, 5) is 28.3. The van der Waals surface area contributed by atoms with Crippen LogP contribution in [0.3, 0.4) is 0 Å². The number of ether oxygens (including phenoxy) is 2. The number of hydrogen-bond acceptors (Lipinski definition) is 9. The van der Waals surface area contributed by atoms with Crippen LogP contribution in [-0.4, -0.2) is 100 Å². The summed E-state index contributed by atoms with van der Waals surface area (Å²) in [6.45, 7) is 8.21. The van der Waals surface area contributed by atoms with Gasteiger partial charge in [0.25, 0.3) is 10.1 Å². The number of cyclic esters (lactones) is 1. The van der Waals surface area contributed by atoms with Gasteiger partial charge in [-0.1, -0.05) is 0 Å². The first kappa shape index (κ1) is 21.9. The topological polar surface area (TPSA) is 114 Å². The first-order valence-corrected chi connectivity index (χ1v) is 10.7. The molecule has 0 spiro atoms. The van der Waals surface area contributed by atoms with E-state index in [4.69, 9.17) is 13.7 Å². The van der Waals surface area contributed by atoms with Gasteiger partial charge in [0.05, 0.1) is 19.3 Å². The molecule has 2 heterocycles. The van der Waals surface area contributed by atoms with Crippen LogP contribution in [0.15, 0.2) is 0 Å². The number of piperazine rings is 1. The zero-order valence-corrected chi connectivity index (χ0v) is 17.1. The van der Waals surface area contributed by atoms with Gasteiger partial charge in [-0.05, 0) is 20.8 Å².